The van der Waals surface area contributed by atoms with Gasteiger partial charge in [0.2, 0.25) is 0 Å². The number of benzene rings is 1. The van der Waals surface area contributed by atoms with Crippen LogP contribution in [0.4, 0.5) is 0 Å². The first kappa shape index (κ1) is 9.93. The predicted octanol–water partition coefficient (Wildman–Crippen LogP) is 1.22. The van der Waals surface area contributed by atoms with E-state index in [9.17, 15) is 4.79 Å². The van der Waals surface area contributed by atoms with Crippen molar-refractivity contribution in [2.45, 2.75) is 19.0 Å². The lowest BCUT2D eigenvalue weighted by atomic mass is 9.95. The van der Waals surface area contributed by atoms with Gasteiger partial charge in [0.1, 0.15) is 12.3 Å². The first-order chi connectivity index (χ1) is 7.22. The fourth-order valence-electron chi connectivity index (χ4n) is 1.76. The zero-order valence-corrected chi connectivity index (χ0v) is 8.60. The Bertz CT molecular complexity index is 410. The third-order valence-corrected chi connectivity index (χ3v) is 2.59. The molecule has 3 heteroatoms. The third-order valence-electron chi connectivity index (χ3n) is 2.59. The number of nitrogens with two attached hydrogens (primary N) is 1. The highest BCUT2D eigenvalue weighted by Crippen LogP contribution is 2.25. The number of carbonyl (C=O) groups excluding carboxylic acids is 1. The molecule has 1 aromatic carbocycles. The van der Waals surface area contributed by atoms with Crippen molar-refractivity contribution < 1.29 is 4.79 Å². The van der Waals surface area contributed by atoms with Gasteiger partial charge >= 0.3 is 0 Å². The molecule has 1 unspecified atom stereocenters. The summed E-state index contributed by atoms with van der Waals surface area (Å²) in [5.41, 5.74) is 8.78. The Labute approximate surface area is 89.0 Å². The molecule has 3 nitrogen and oxygen atoms in total. The Morgan fingerprint density at radius 2 is 2.20 bits per heavy atom. The van der Waals surface area contributed by atoms with E-state index >= 15 is 0 Å². The van der Waals surface area contributed by atoms with Gasteiger partial charge in [-0.15, -0.1) is 0 Å². The first-order valence-corrected chi connectivity index (χ1v) is 5.00. The van der Waals surface area contributed by atoms with Crippen molar-refractivity contribution in [2.75, 3.05) is 0 Å². The van der Waals surface area contributed by atoms with Crippen molar-refractivity contribution in [3.8, 4) is 0 Å². The van der Waals surface area contributed by atoms with Crippen molar-refractivity contribution in [2.24, 2.45) is 5.73 Å². The van der Waals surface area contributed by atoms with Gasteiger partial charge in [-0.1, -0.05) is 24.3 Å². The maximum absolute atomic E-state index is 11.0. The molecule has 0 fully saturated rings. The molecule has 0 aromatic heterocycles. The summed E-state index contributed by atoms with van der Waals surface area (Å²) in [6.45, 7) is 1.90. The first-order valence-electron chi connectivity index (χ1n) is 5.00. The Balaban J connectivity index is 2.48. The van der Waals surface area contributed by atoms with Gasteiger partial charge in [0, 0.05) is 11.7 Å². The van der Waals surface area contributed by atoms with Gasteiger partial charge in [-0.25, -0.2) is 0 Å². The van der Waals surface area contributed by atoms with Crippen LogP contribution in [-0.4, -0.2) is 12.3 Å². The average Bonchev–Trinajstić information content (AvgIpc) is 2.27. The van der Waals surface area contributed by atoms with E-state index in [1.807, 2.05) is 37.3 Å². The van der Waals surface area contributed by atoms with Gasteiger partial charge in [-0.2, -0.15) is 0 Å². The third kappa shape index (κ3) is 1.78. The molecule has 2 atom stereocenters. The van der Waals surface area contributed by atoms with Gasteiger partial charge in [0.15, 0.2) is 0 Å². The SMILES string of the molecule is CC(N)C1=Cc2ccccc2[C@@H](C=O)N1. The van der Waals surface area contributed by atoms with Gasteiger partial charge in [-0.05, 0) is 24.1 Å². The molecule has 0 aliphatic carbocycles. The van der Waals surface area contributed by atoms with Crippen molar-refractivity contribution in [3.63, 3.8) is 0 Å². The van der Waals surface area contributed by atoms with Gasteiger partial charge in [0.05, 0.1) is 0 Å². The van der Waals surface area contributed by atoms with E-state index in [1.54, 1.807) is 0 Å². The van der Waals surface area contributed by atoms with Crippen molar-refractivity contribution in [1.29, 1.82) is 0 Å². The van der Waals surface area contributed by atoms with Crippen LogP contribution in [0.5, 0.6) is 0 Å². The number of fused-ring (bicyclic) bond motifs is 1. The highest BCUT2D eigenvalue weighted by atomic mass is 16.1. The van der Waals surface area contributed by atoms with Gasteiger partial charge < -0.3 is 15.8 Å². The van der Waals surface area contributed by atoms with Crippen LogP contribution < -0.4 is 11.1 Å². The smallest absolute Gasteiger partial charge is 0.146 e. The fraction of sp³-hybridized carbons (Fsp3) is 0.250. The van der Waals surface area contributed by atoms with E-state index in [2.05, 4.69) is 5.32 Å². The quantitative estimate of drug-likeness (QED) is 0.709. The molecule has 0 saturated carbocycles. The summed E-state index contributed by atoms with van der Waals surface area (Å²) in [4.78, 5) is 11.0. The topological polar surface area (TPSA) is 55.1 Å². The van der Waals surface area contributed by atoms with E-state index < -0.39 is 0 Å². The minimum atomic E-state index is -0.271. The molecule has 1 aliphatic heterocycles. The van der Waals surface area contributed by atoms with Crippen LogP contribution in [-0.2, 0) is 4.79 Å². The second-order valence-corrected chi connectivity index (χ2v) is 3.78. The highest BCUT2D eigenvalue weighted by Gasteiger charge is 2.20. The average molecular weight is 202 g/mol. The van der Waals surface area contributed by atoms with Gasteiger partial charge in [0.25, 0.3) is 0 Å². The zero-order valence-electron chi connectivity index (χ0n) is 8.60. The molecule has 3 N–H and O–H groups in total. The Morgan fingerprint density at radius 1 is 1.47 bits per heavy atom. The molecular weight excluding hydrogens is 188 g/mol. The van der Waals surface area contributed by atoms with Crippen LogP contribution in [0.15, 0.2) is 30.0 Å². The second kappa shape index (κ2) is 3.87. The molecule has 1 heterocycles. The molecule has 0 spiro atoms. The lowest BCUT2D eigenvalue weighted by Gasteiger charge is -2.26. The van der Waals surface area contributed by atoms with Crippen LogP contribution in [0, 0.1) is 0 Å². The fourth-order valence-corrected chi connectivity index (χ4v) is 1.76. The summed E-state index contributed by atoms with van der Waals surface area (Å²) in [6.07, 6.45) is 2.91. The number of hydrogen-bond donors (Lipinski definition) is 2. The minimum absolute atomic E-state index is 0.0826. The molecule has 15 heavy (non-hydrogen) atoms. The monoisotopic (exact) mass is 202 g/mol. The van der Waals surface area contributed by atoms with E-state index in [0.29, 0.717) is 0 Å². The van der Waals surface area contributed by atoms with Crippen molar-refractivity contribution in [3.05, 3.63) is 41.1 Å². The van der Waals surface area contributed by atoms with E-state index in [-0.39, 0.29) is 12.1 Å². The number of carbonyl (C=O) groups is 1. The summed E-state index contributed by atoms with van der Waals surface area (Å²) >= 11 is 0. The van der Waals surface area contributed by atoms with Crippen LogP contribution in [0.3, 0.4) is 0 Å². The molecular formula is C12H14N2O. The lowest BCUT2D eigenvalue weighted by molar-refractivity contribution is -0.109. The molecule has 0 amide bonds. The Kier molecular flexibility index (Phi) is 2.56. The second-order valence-electron chi connectivity index (χ2n) is 3.78. The van der Waals surface area contributed by atoms with E-state index in [0.717, 1.165) is 23.1 Å². The summed E-state index contributed by atoms with van der Waals surface area (Å²) in [7, 11) is 0. The number of rotatable bonds is 2. The maximum Gasteiger partial charge on any atom is 0.146 e. The number of aldehydes is 1. The van der Waals surface area contributed by atoms with Crippen LogP contribution in [0.25, 0.3) is 6.08 Å². The normalized spacial score (nSPS) is 20.9. The summed E-state index contributed by atoms with van der Waals surface area (Å²) in [6, 6.07) is 7.49. The highest BCUT2D eigenvalue weighted by molar-refractivity contribution is 5.71. The predicted molar refractivity (Wildman–Crippen MR) is 60.0 cm³/mol. The molecule has 78 valence electrons. The van der Waals surface area contributed by atoms with Crippen molar-refractivity contribution in [1.82, 2.24) is 5.32 Å². The van der Waals surface area contributed by atoms with Crippen LogP contribution in [0.2, 0.25) is 0 Å². The minimum Gasteiger partial charge on any atom is -0.374 e. The zero-order chi connectivity index (χ0) is 10.8. The van der Waals surface area contributed by atoms with Gasteiger partial charge in [-0.3, -0.25) is 0 Å². The lowest BCUT2D eigenvalue weighted by Crippen LogP contribution is -2.34. The maximum atomic E-state index is 11.0. The van der Waals surface area contributed by atoms with Crippen LogP contribution in [0.1, 0.15) is 24.1 Å². The number of nitrogens with one attached hydrogen (secondary N) is 1. The standard InChI is InChI=1S/C12H14N2O/c1-8(13)11-6-9-4-2-3-5-10(9)12(7-15)14-11/h2-8,12,14H,13H2,1H3/t8?,12-/m1/s1. The molecule has 1 aromatic rings. The van der Waals surface area contributed by atoms with E-state index in [4.69, 9.17) is 5.73 Å². The summed E-state index contributed by atoms with van der Waals surface area (Å²) < 4.78 is 0. The Hall–Kier alpha value is -1.61. The summed E-state index contributed by atoms with van der Waals surface area (Å²) in [5, 5.41) is 3.13. The van der Waals surface area contributed by atoms with Crippen LogP contribution >= 0.6 is 0 Å². The summed E-state index contributed by atoms with van der Waals surface area (Å²) in [5.74, 6) is 0. The Morgan fingerprint density at radius 3 is 2.87 bits per heavy atom. The molecule has 0 bridgehead atoms. The molecule has 2 rings (SSSR count). The largest absolute Gasteiger partial charge is 0.374 e. The molecule has 0 saturated heterocycles. The van der Waals surface area contributed by atoms with E-state index in [1.165, 1.54) is 0 Å². The molecule has 0 radical (unpaired) electrons. The number of hydrogen-bond acceptors (Lipinski definition) is 3. The molecule has 1 aliphatic rings. The van der Waals surface area contributed by atoms with Crippen molar-refractivity contribution >= 4 is 12.4 Å².